The second-order valence-corrected chi connectivity index (χ2v) is 5.95. The average molecular weight is 268 g/mol. The largest absolute Gasteiger partial charge is 0.481 e. The van der Waals surface area contributed by atoms with Crippen molar-refractivity contribution in [2.45, 2.75) is 57.5 Å². The maximum Gasteiger partial charge on any atom is 0.306 e. The predicted molar refractivity (Wildman–Crippen MR) is 71.7 cm³/mol. The number of carboxylic acids is 1. The molecule has 1 aliphatic heterocycles. The van der Waals surface area contributed by atoms with E-state index >= 15 is 0 Å². The Morgan fingerprint density at radius 3 is 2.42 bits per heavy atom. The van der Waals surface area contributed by atoms with Crippen molar-refractivity contribution < 1.29 is 14.7 Å². The molecule has 1 saturated carbocycles. The zero-order valence-corrected chi connectivity index (χ0v) is 11.5. The molecule has 2 aliphatic rings. The fourth-order valence-corrected chi connectivity index (χ4v) is 3.18. The molecular formula is C14H24N2O3. The number of hydrogen-bond acceptors (Lipinski definition) is 3. The number of aliphatic carboxylic acids is 1. The Labute approximate surface area is 114 Å². The third-order valence-electron chi connectivity index (χ3n) is 4.47. The molecule has 5 nitrogen and oxygen atoms in total. The van der Waals surface area contributed by atoms with Crippen molar-refractivity contribution in [3.8, 4) is 0 Å². The highest BCUT2D eigenvalue weighted by Gasteiger charge is 2.31. The van der Waals surface area contributed by atoms with E-state index in [1.54, 1.807) is 0 Å². The Balaban J connectivity index is 1.78. The first-order valence-corrected chi connectivity index (χ1v) is 7.34. The molecule has 0 spiro atoms. The van der Waals surface area contributed by atoms with Gasteiger partial charge in [0.15, 0.2) is 0 Å². The number of amides is 1. The zero-order chi connectivity index (χ0) is 13.8. The summed E-state index contributed by atoms with van der Waals surface area (Å²) in [5.41, 5.74) is 0. The number of piperidine rings is 1. The third kappa shape index (κ3) is 3.69. The maximum atomic E-state index is 12.2. The molecule has 5 heteroatoms. The average Bonchev–Trinajstić information content (AvgIpc) is 2.39. The molecule has 2 fully saturated rings. The molecular weight excluding hydrogens is 244 g/mol. The van der Waals surface area contributed by atoms with Crippen LogP contribution < -0.4 is 10.6 Å². The van der Waals surface area contributed by atoms with Gasteiger partial charge in [0.25, 0.3) is 0 Å². The van der Waals surface area contributed by atoms with Crippen molar-refractivity contribution in [1.82, 2.24) is 10.6 Å². The first kappa shape index (κ1) is 14.3. The lowest BCUT2D eigenvalue weighted by Gasteiger charge is -2.32. The van der Waals surface area contributed by atoms with Gasteiger partial charge >= 0.3 is 5.97 Å². The molecule has 1 heterocycles. The van der Waals surface area contributed by atoms with Crippen molar-refractivity contribution in [2.24, 2.45) is 11.8 Å². The van der Waals surface area contributed by atoms with E-state index < -0.39 is 5.97 Å². The van der Waals surface area contributed by atoms with Crippen molar-refractivity contribution in [1.29, 1.82) is 0 Å². The van der Waals surface area contributed by atoms with E-state index in [0.717, 1.165) is 32.2 Å². The second kappa shape index (κ2) is 6.37. The van der Waals surface area contributed by atoms with E-state index in [-0.39, 0.29) is 23.9 Å². The zero-order valence-electron chi connectivity index (χ0n) is 11.5. The van der Waals surface area contributed by atoms with Crippen LogP contribution in [-0.4, -0.2) is 35.6 Å². The normalized spacial score (nSPS) is 35.6. The summed E-state index contributed by atoms with van der Waals surface area (Å²) in [5.74, 6) is -0.456. The fourth-order valence-electron chi connectivity index (χ4n) is 3.18. The molecule has 0 bridgehead atoms. The monoisotopic (exact) mass is 268 g/mol. The molecule has 2 unspecified atom stereocenters. The molecule has 2 rings (SSSR count). The topological polar surface area (TPSA) is 78.4 Å². The highest BCUT2D eigenvalue weighted by Crippen LogP contribution is 2.25. The number of nitrogens with one attached hydrogen (secondary N) is 2. The van der Waals surface area contributed by atoms with Crippen LogP contribution in [0.3, 0.4) is 0 Å². The summed E-state index contributed by atoms with van der Waals surface area (Å²) in [6, 6.07) is 0.0740. The van der Waals surface area contributed by atoms with Gasteiger partial charge in [-0.25, -0.2) is 0 Å². The van der Waals surface area contributed by atoms with E-state index in [2.05, 4.69) is 17.6 Å². The number of carboxylic acid groups (broad SMARTS) is 1. The van der Waals surface area contributed by atoms with Gasteiger partial charge in [-0.3, -0.25) is 9.59 Å². The van der Waals surface area contributed by atoms with Crippen LogP contribution in [0.2, 0.25) is 0 Å². The van der Waals surface area contributed by atoms with Gasteiger partial charge in [-0.15, -0.1) is 0 Å². The van der Waals surface area contributed by atoms with Crippen molar-refractivity contribution in [3.05, 3.63) is 0 Å². The Morgan fingerprint density at radius 2 is 1.84 bits per heavy atom. The van der Waals surface area contributed by atoms with E-state index in [1.165, 1.54) is 0 Å². The smallest absolute Gasteiger partial charge is 0.306 e. The number of carbonyl (C=O) groups is 2. The van der Waals surface area contributed by atoms with Crippen LogP contribution in [-0.2, 0) is 9.59 Å². The lowest BCUT2D eigenvalue weighted by atomic mass is 9.85. The first-order chi connectivity index (χ1) is 9.08. The van der Waals surface area contributed by atoms with Crippen molar-refractivity contribution >= 4 is 11.9 Å². The first-order valence-electron chi connectivity index (χ1n) is 7.34. The summed E-state index contributed by atoms with van der Waals surface area (Å²) in [6.45, 7) is 3.02. The highest BCUT2D eigenvalue weighted by atomic mass is 16.4. The quantitative estimate of drug-likeness (QED) is 0.717. The summed E-state index contributed by atoms with van der Waals surface area (Å²) in [6.07, 6.45) is 5.14. The number of hydrogen-bond donors (Lipinski definition) is 3. The summed E-state index contributed by atoms with van der Waals surface area (Å²) >= 11 is 0. The standard InChI is InChI=1S/C14H24N2O3/c1-9-3-2-8-15-12(9)13(17)16-11-6-4-10(5-7-11)14(18)19/h9-12,15H,2-8H2,1H3,(H,16,17)(H,18,19). The minimum Gasteiger partial charge on any atom is -0.481 e. The van der Waals surface area contributed by atoms with Crippen LogP contribution in [0.5, 0.6) is 0 Å². The Bertz CT molecular complexity index is 338. The second-order valence-electron chi connectivity index (χ2n) is 5.95. The molecule has 0 radical (unpaired) electrons. The van der Waals surface area contributed by atoms with Crippen LogP contribution in [0.25, 0.3) is 0 Å². The summed E-state index contributed by atoms with van der Waals surface area (Å²) in [5, 5.41) is 15.3. The van der Waals surface area contributed by atoms with Gasteiger partial charge in [-0.1, -0.05) is 6.92 Å². The molecule has 108 valence electrons. The van der Waals surface area contributed by atoms with Crippen molar-refractivity contribution in [2.75, 3.05) is 6.54 Å². The summed E-state index contributed by atoms with van der Waals surface area (Å²) in [4.78, 5) is 23.1. The number of carbonyl (C=O) groups excluding carboxylic acids is 1. The van der Waals surface area contributed by atoms with E-state index in [0.29, 0.717) is 18.8 Å². The van der Waals surface area contributed by atoms with E-state index in [4.69, 9.17) is 5.11 Å². The van der Waals surface area contributed by atoms with Crippen LogP contribution in [0.15, 0.2) is 0 Å². The van der Waals surface area contributed by atoms with Gasteiger partial charge in [0.05, 0.1) is 12.0 Å². The molecule has 1 amide bonds. The lowest BCUT2D eigenvalue weighted by molar-refractivity contribution is -0.142. The summed E-state index contributed by atoms with van der Waals surface area (Å²) < 4.78 is 0. The minimum atomic E-state index is -0.702. The maximum absolute atomic E-state index is 12.2. The molecule has 3 N–H and O–H groups in total. The van der Waals surface area contributed by atoms with Gasteiger partial charge in [-0.05, 0) is 51.0 Å². The Morgan fingerprint density at radius 1 is 1.16 bits per heavy atom. The molecule has 1 saturated heterocycles. The van der Waals surface area contributed by atoms with Crippen LogP contribution >= 0.6 is 0 Å². The highest BCUT2D eigenvalue weighted by molar-refractivity contribution is 5.82. The SMILES string of the molecule is CC1CCCNC1C(=O)NC1CCC(C(=O)O)CC1. The fraction of sp³-hybridized carbons (Fsp3) is 0.857. The molecule has 19 heavy (non-hydrogen) atoms. The van der Waals surface area contributed by atoms with E-state index in [9.17, 15) is 9.59 Å². The third-order valence-corrected chi connectivity index (χ3v) is 4.47. The summed E-state index contributed by atoms with van der Waals surface area (Å²) in [7, 11) is 0. The van der Waals surface area contributed by atoms with Gasteiger partial charge in [0.1, 0.15) is 0 Å². The van der Waals surface area contributed by atoms with Crippen LogP contribution in [0.1, 0.15) is 45.4 Å². The molecule has 1 aliphatic carbocycles. The van der Waals surface area contributed by atoms with Gasteiger partial charge in [0.2, 0.25) is 5.91 Å². The molecule has 0 aromatic heterocycles. The molecule has 0 aromatic rings. The Hall–Kier alpha value is -1.10. The molecule has 0 aromatic carbocycles. The number of rotatable bonds is 3. The van der Waals surface area contributed by atoms with Gasteiger partial charge in [-0.2, -0.15) is 0 Å². The van der Waals surface area contributed by atoms with Crippen LogP contribution in [0.4, 0.5) is 0 Å². The Kier molecular flexibility index (Phi) is 4.80. The predicted octanol–water partition coefficient (Wildman–Crippen LogP) is 1.13. The lowest BCUT2D eigenvalue weighted by Crippen LogP contribution is -2.53. The van der Waals surface area contributed by atoms with E-state index in [1.807, 2.05) is 0 Å². The van der Waals surface area contributed by atoms with Gasteiger partial charge in [0, 0.05) is 6.04 Å². The van der Waals surface area contributed by atoms with Crippen molar-refractivity contribution in [3.63, 3.8) is 0 Å². The minimum absolute atomic E-state index is 0.0778. The molecule has 2 atom stereocenters. The van der Waals surface area contributed by atoms with Crippen LogP contribution in [0, 0.1) is 11.8 Å². The van der Waals surface area contributed by atoms with Gasteiger partial charge < -0.3 is 15.7 Å².